The lowest BCUT2D eigenvalue weighted by Gasteiger charge is -2.21. The number of unbranched alkanes of at least 4 members (excludes halogenated alkanes) is 4. The van der Waals surface area contributed by atoms with Crippen molar-refractivity contribution in [3.8, 4) is 0 Å². The average molecular weight is 586 g/mol. The van der Waals surface area contributed by atoms with Gasteiger partial charge in [-0.2, -0.15) is 0 Å². The molecule has 42 heavy (non-hydrogen) atoms. The minimum atomic E-state index is -0.436. The van der Waals surface area contributed by atoms with Crippen molar-refractivity contribution >= 4 is 17.5 Å². The largest absolute Gasteiger partial charge is 0.491 e. The molecule has 1 unspecified atom stereocenters. The SMILES string of the molecule is C1CCNCC1.C=C(/C=C(/OC(=O)CCCCC(C)C)c1c(C)oc(=O)c2c1CC(=O)CC2)OC(C)CCCCCC. The Morgan fingerprint density at radius 3 is 2.31 bits per heavy atom. The molecule has 7 heteroatoms. The van der Waals surface area contributed by atoms with E-state index in [2.05, 4.69) is 32.7 Å². The highest BCUT2D eigenvalue weighted by Gasteiger charge is 2.28. The number of ether oxygens (including phenoxy) is 2. The van der Waals surface area contributed by atoms with E-state index in [1.807, 2.05) is 6.92 Å². The molecule has 2 heterocycles. The molecule has 0 aromatic carbocycles. The predicted octanol–water partition coefficient (Wildman–Crippen LogP) is 7.76. The molecule has 3 rings (SSSR count). The Balaban J connectivity index is 0.000000908. The summed E-state index contributed by atoms with van der Waals surface area (Å²) in [5, 5.41) is 3.28. The fourth-order valence-electron chi connectivity index (χ4n) is 5.36. The number of nitrogens with one attached hydrogen (secondary N) is 1. The fraction of sp³-hybridized carbons (Fsp3) is 0.686. The zero-order chi connectivity index (χ0) is 30.9. The van der Waals surface area contributed by atoms with Crippen LogP contribution >= 0.6 is 0 Å². The van der Waals surface area contributed by atoms with Crippen LogP contribution in [0.3, 0.4) is 0 Å². The van der Waals surface area contributed by atoms with E-state index in [-0.39, 0.29) is 36.5 Å². The molecule has 1 aromatic heterocycles. The normalized spacial score (nSPS) is 15.9. The molecule has 1 saturated heterocycles. The number of carbonyl (C=O) groups excluding carboxylic acids is 2. The molecule has 0 bridgehead atoms. The summed E-state index contributed by atoms with van der Waals surface area (Å²) in [6, 6.07) is 0. The number of Topliss-reactive ketones (excluding diaryl/α,β-unsaturated/α-hetero) is 1. The summed E-state index contributed by atoms with van der Waals surface area (Å²) in [4.78, 5) is 37.6. The maximum absolute atomic E-state index is 12.8. The van der Waals surface area contributed by atoms with Crippen LogP contribution < -0.4 is 10.9 Å². The average Bonchev–Trinajstić information content (AvgIpc) is 2.94. The standard InChI is InChI=1S/C30H44O6.C5H11N/c1-7-8-9-10-14-21(4)34-22(5)18-27(36-28(32)15-12-11-13-20(2)3)29-23(6)35-30(33)25-17-16-24(31)19-26(25)29;1-2-4-6-5-3-1/h18,20-21H,5,7-17,19H2,1-4,6H3;6H,1-5H2/b27-18+;. The number of allylic oxidation sites excluding steroid dienone is 1. The monoisotopic (exact) mass is 585 g/mol. The van der Waals surface area contributed by atoms with Crippen molar-refractivity contribution in [1.29, 1.82) is 0 Å². The Kier molecular flexibility index (Phi) is 16.5. The molecule has 1 aromatic rings. The molecule has 1 N–H and O–H groups in total. The van der Waals surface area contributed by atoms with Crippen LogP contribution in [0.15, 0.2) is 27.6 Å². The first-order valence-electron chi connectivity index (χ1n) is 16.3. The predicted molar refractivity (Wildman–Crippen MR) is 169 cm³/mol. The number of carbonyl (C=O) groups is 2. The summed E-state index contributed by atoms with van der Waals surface area (Å²) in [6.45, 7) is 16.7. The van der Waals surface area contributed by atoms with E-state index < -0.39 is 5.63 Å². The maximum Gasteiger partial charge on any atom is 0.339 e. The van der Waals surface area contributed by atoms with Crippen LogP contribution in [0.2, 0.25) is 0 Å². The first-order valence-corrected chi connectivity index (χ1v) is 16.3. The van der Waals surface area contributed by atoms with Gasteiger partial charge in [-0.05, 0) is 76.9 Å². The van der Waals surface area contributed by atoms with Gasteiger partial charge in [0.1, 0.15) is 23.1 Å². The molecule has 1 aliphatic heterocycles. The van der Waals surface area contributed by atoms with Crippen molar-refractivity contribution in [2.24, 2.45) is 5.92 Å². The number of esters is 1. The molecule has 0 radical (unpaired) electrons. The van der Waals surface area contributed by atoms with E-state index in [1.165, 1.54) is 45.2 Å². The first kappa shape index (κ1) is 35.5. The van der Waals surface area contributed by atoms with E-state index in [9.17, 15) is 14.4 Å². The first-order chi connectivity index (χ1) is 20.1. The number of hydrogen-bond acceptors (Lipinski definition) is 7. The Bertz CT molecular complexity index is 1080. The van der Waals surface area contributed by atoms with Crippen molar-refractivity contribution in [3.05, 3.63) is 51.3 Å². The number of hydrogen-bond donors (Lipinski definition) is 1. The summed E-state index contributed by atoms with van der Waals surface area (Å²) in [5.41, 5.74) is 1.10. The van der Waals surface area contributed by atoms with E-state index in [0.717, 1.165) is 38.5 Å². The Morgan fingerprint density at radius 1 is 0.976 bits per heavy atom. The highest BCUT2D eigenvalue weighted by Crippen LogP contribution is 2.31. The quantitative estimate of drug-likeness (QED) is 0.0973. The van der Waals surface area contributed by atoms with Gasteiger partial charge in [0.25, 0.3) is 0 Å². The molecule has 7 nitrogen and oxygen atoms in total. The van der Waals surface area contributed by atoms with Crippen molar-refractivity contribution in [2.75, 3.05) is 13.1 Å². The third-order valence-corrected chi connectivity index (χ3v) is 7.74. The van der Waals surface area contributed by atoms with E-state index in [4.69, 9.17) is 13.9 Å². The second-order valence-electron chi connectivity index (χ2n) is 12.2. The van der Waals surface area contributed by atoms with Crippen LogP contribution in [0, 0.1) is 12.8 Å². The van der Waals surface area contributed by atoms with Crippen LogP contribution in [0.1, 0.15) is 134 Å². The summed E-state index contributed by atoms with van der Waals surface area (Å²) in [7, 11) is 0. The molecule has 0 saturated carbocycles. The Morgan fingerprint density at radius 2 is 1.69 bits per heavy atom. The molecule has 2 aliphatic rings. The van der Waals surface area contributed by atoms with E-state index in [0.29, 0.717) is 47.0 Å². The van der Waals surface area contributed by atoms with Crippen molar-refractivity contribution in [1.82, 2.24) is 5.32 Å². The highest BCUT2D eigenvalue weighted by molar-refractivity contribution is 5.87. The summed E-state index contributed by atoms with van der Waals surface area (Å²) >= 11 is 0. The Labute approximate surface area is 253 Å². The molecule has 1 aliphatic carbocycles. The Hall–Kier alpha value is -2.67. The van der Waals surface area contributed by atoms with Gasteiger partial charge in [-0.1, -0.05) is 65.9 Å². The number of ketones is 1. The van der Waals surface area contributed by atoms with Gasteiger partial charge < -0.3 is 19.2 Å². The van der Waals surface area contributed by atoms with Crippen LogP contribution in [0.25, 0.3) is 5.76 Å². The van der Waals surface area contributed by atoms with Gasteiger partial charge in [-0.15, -0.1) is 0 Å². The van der Waals surface area contributed by atoms with E-state index >= 15 is 0 Å². The number of rotatable bonds is 15. The number of piperidine rings is 1. The minimum Gasteiger partial charge on any atom is -0.491 e. The third kappa shape index (κ3) is 13.1. The van der Waals surface area contributed by atoms with Gasteiger partial charge >= 0.3 is 11.6 Å². The van der Waals surface area contributed by atoms with Crippen molar-refractivity contribution in [2.45, 2.75) is 137 Å². The summed E-state index contributed by atoms with van der Waals surface area (Å²) in [6.07, 6.45) is 15.0. The fourth-order valence-corrected chi connectivity index (χ4v) is 5.36. The van der Waals surface area contributed by atoms with Gasteiger partial charge in [0, 0.05) is 30.9 Å². The highest BCUT2D eigenvalue weighted by atomic mass is 16.5. The molecular weight excluding hydrogens is 530 g/mol. The lowest BCUT2D eigenvalue weighted by Crippen LogP contribution is -2.24. The van der Waals surface area contributed by atoms with Crippen LogP contribution in [0.5, 0.6) is 0 Å². The molecule has 1 fully saturated rings. The smallest absolute Gasteiger partial charge is 0.339 e. The zero-order valence-electron chi connectivity index (χ0n) is 26.9. The zero-order valence-corrected chi connectivity index (χ0v) is 26.9. The minimum absolute atomic E-state index is 0.0381. The molecule has 236 valence electrons. The van der Waals surface area contributed by atoms with Crippen molar-refractivity contribution in [3.63, 3.8) is 0 Å². The second kappa shape index (κ2) is 19.5. The number of fused-ring (bicyclic) bond motifs is 1. The second-order valence-corrected chi connectivity index (χ2v) is 12.2. The third-order valence-electron chi connectivity index (χ3n) is 7.74. The number of aryl methyl sites for hydroxylation is 1. The molecule has 0 amide bonds. The van der Waals surface area contributed by atoms with Crippen LogP contribution in [-0.4, -0.2) is 30.9 Å². The van der Waals surface area contributed by atoms with Gasteiger partial charge in [-0.25, -0.2) is 4.79 Å². The molecule has 0 spiro atoms. The van der Waals surface area contributed by atoms with Crippen LogP contribution in [0.4, 0.5) is 0 Å². The van der Waals surface area contributed by atoms with E-state index in [1.54, 1.807) is 13.0 Å². The van der Waals surface area contributed by atoms with Gasteiger partial charge in [0.15, 0.2) is 0 Å². The van der Waals surface area contributed by atoms with Gasteiger partial charge in [0.2, 0.25) is 0 Å². The molecular formula is C35H55NO6. The van der Waals surface area contributed by atoms with Crippen molar-refractivity contribution < 1.29 is 23.5 Å². The molecule has 1 atom stereocenters. The lowest BCUT2D eigenvalue weighted by atomic mass is 9.88. The summed E-state index contributed by atoms with van der Waals surface area (Å²) in [5.74, 6) is 1.16. The van der Waals surface area contributed by atoms with Gasteiger partial charge in [0.05, 0.1) is 11.7 Å². The topological polar surface area (TPSA) is 94.8 Å². The van der Waals surface area contributed by atoms with Crippen LogP contribution in [-0.2, 0) is 31.9 Å². The van der Waals surface area contributed by atoms with Gasteiger partial charge in [-0.3, -0.25) is 9.59 Å². The lowest BCUT2D eigenvalue weighted by molar-refractivity contribution is -0.136. The summed E-state index contributed by atoms with van der Waals surface area (Å²) < 4.78 is 17.3. The maximum atomic E-state index is 12.8.